The fourth-order valence-electron chi connectivity index (χ4n) is 5.98. The number of ether oxygens (including phenoxy) is 1. The molecule has 0 heterocycles. The number of esters is 1. The Balaban J connectivity index is 1.31. The van der Waals surface area contributed by atoms with Crippen molar-refractivity contribution in [2.45, 2.75) is 58.0 Å². The summed E-state index contributed by atoms with van der Waals surface area (Å²) in [5, 5.41) is 11.6. The van der Waals surface area contributed by atoms with Crippen LogP contribution in [-0.2, 0) is 14.3 Å². The summed E-state index contributed by atoms with van der Waals surface area (Å²) in [5.41, 5.74) is 1.24. The lowest BCUT2D eigenvalue weighted by atomic mass is 9.49. The highest BCUT2D eigenvalue weighted by Gasteiger charge is 2.51. The number of nitriles is 1. The number of rotatable bonds is 5. The molecule has 4 bridgehead atoms. The van der Waals surface area contributed by atoms with Crippen molar-refractivity contribution >= 4 is 17.6 Å². The van der Waals surface area contributed by atoms with Crippen LogP contribution in [0.3, 0.4) is 0 Å². The van der Waals surface area contributed by atoms with Gasteiger partial charge in [0.2, 0.25) is 0 Å². The van der Waals surface area contributed by atoms with Crippen LogP contribution in [-0.4, -0.2) is 18.0 Å². The molecular weight excluding hydrogens is 340 g/mol. The van der Waals surface area contributed by atoms with Gasteiger partial charge in [0.05, 0.1) is 18.1 Å². The van der Waals surface area contributed by atoms with Gasteiger partial charge >= 0.3 is 5.97 Å². The van der Waals surface area contributed by atoms with Crippen molar-refractivity contribution in [3.63, 3.8) is 0 Å². The van der Waals surface area contributed by atoms with Gasteiger partial charge in [-0.3, -0.25) is 9.59 Å². The number of nitrogens with zero attached hydrogens (tertiary/aromatic N) is 1. The van der Waals surface area contributed by atoms with Crippen LogP contribution in [0.5, 0.6) is 0 Å². The van der Waals surface area contributed by atoms with Gasteiger partial charge in [0.25, 0.3) is 5.91 Å². The number of hydrogen-bond donors (Lipinski definition) is 1. The molecular formula is C22H26N2O3. The van der Waals surface area contributed by atoms with Crippen LogP contribution in [0, 0.1) is 34.5 Å². The number of hydrogen-bond acceptors (Lipinski definition) is 4. The van der Waals surface area contributed by atoms with Gasteiger partial charge in [0.1, 0.15) is 0 Å². The van der Waals surface area contributed by atoms with Gasteiger partial charge in [0.15, 0.2) is 6.10 Å². The molecule has 1 aromatic rings. The maximum atomic E-state index is 12.5. The van der Waals surface area contributed by atoms with Crippen molar-refractivity contribution in [2.75, 3.05) is 5.32 Å². The number of anilines is 1. The number of carbonyl (C=O) groups excluding carboxylic acids is 2. The molecule has 0 unspecified atom stereocenters. The van der Waals surface area contributed by atoms with E-state index in [1.165, 1.54) is 19.3 Å². The predicted molar refractivity (Wildman–Crippen MR) is 101 cm³/mol. The molecule has 4 fully saturated rings. The highest BCUT2D eigenvalue weighted by atomic mass is 16.5. The summed E-state index contributed by atoms with van der Waals surface area (Å²) in [4.78, 5) is 24.9. The average Bonchev–Trinajstić information content (AvgIpc) is 2.60. The van der Waals surface area contributed by atoms with E-state index in [0.717, 1.165) is 37.0 Å². The van der Waals surface area contributed by atoms with Gasteiger partial charge in [-0.1, -0.05) is 0 Å². The second kappa shape index (κ2) is 6.99. The lowest BCUT2D eigenvalue weighted by Gasteiger charge is -2.56. The fourth-order valence-corrected chi connectivity index (χ4v) is 5.98. The number of amides is 1. The molecule has 142 valence electrons. The monoisotopic (exact) mass is 366 g/mol. The normalized spacial score (nSPS) is 31.8. The molecule has 4 aliphatic carbocycles. The zero-order valence-corrected chi connectivity index (χ0v) is 15.7. The van der Waals surface area contributed by atoms with E-state index in [2.05, 4.69) is 5.32 Å². The molecule has 0 saturated heterocycles. The summed E-state index contributed by atoms with van der Waals surface area (Å²) in [6, 6.07) is 8.65. The predicted octanol–water partition coefficient (Wildman–Crippen LogP) is 4.03. The van der Waals surface area contributed by atoms with Crippen molar-refractivity contribution < 1.29 is 14.3 Å². The first-order valence-corrected chi connectivity index (χ1v) is 9.95. The third-order valence-corrected chi connectivity index (χ3v) is 6.64. The van der Waals surface area contributed by atoms with Crippen molar-refractivity contribution in [1.82, 2.24) is 0 Å². The molecule has 1 atom stereocenters. The SMILES string of the molecule is C[C@@H](OC(=O)CC12CC3CC(CC(C3)C1)C2)C(=O)Nc1ccc(C#N)cc1. The first kappa shape index (κ1) is 18.0. The molecule has 0 aromatic heterocycles. The van der Waals surface area contributed by atoms with Gasteiger partial charge in [-0.25, -0.2) is 0 Å². The zero-order chi connectivity index (χ0) is 19.0. The van der Waals surface area contributed by atoms with Gasteiger partial charge < -0.3 is 10.1 Å². The van der Waals surface area contributed by atoms with Gasteiger partial charge in [-0.15, -0.1) is 0 Å². The first-order valence-electron chi connectivity index (χ1n) is 9.95. The van der Waals surface area contributed by atoms with Crippen LogP contribution in [0.1, 0.15) is 57.4 Å². The third kappa shape index (κ3) is 3.85. The Morgan fingerprint density at radius 1 is 1.15 bits per heavy atom. The summed E-state index contributed by atoms with van der Waals surface area (Å²) in [7, 11) is 0. The second-order valence-corrected chi connectivity index (χ2v) is 8.90. The highest BCUT2D eigenvalue weighted by Crippen LogP contribution is 2.61. The van der Waals surface area contributed by atoms with E-state index < -0.39 is 6.10 Å². The average molecular weight is 366 g/mol. The Bertz CT molecular complexity index is 742. The maximum Gasteiger partial charge on any atom is 0.307 e. The second-order valence-electron chi connectivity index (χ2n) is 8.90. The summed E-state index contributed by atoms with van der Waals surface area (Å²) >= 11 is 0. The van der Waals surface area contributed by atoms with E-state index in [0.29, 0.717) is 17.7 Å². The molecule has 4 aliphatic rings. The molecule has 0 aliphatic heterocycles. The van der Waals surface area contributed by atoms with Gasteiger partial charge in [0, 0.05) is 5.69 Å². The Morgan fingerprint density at radius 3 is 2.22 bits per heavy atom. The molecule has 27 heavy (non-hydrogen) atoms. The molecule has 1 N–H and O–H groups in total. The van der Waals surface area contributed by atoms with Crippen molar-refractivity contribution in [3.05, 3.63) is 29.8 Å². The largest absolute Gasteiger partial charge is 0.453 e. The summed E-state index contributed by atoms with van der Waals surface area (Å²) < 4.78 is 5.46. The molecule has 0 spiro atoms. The number of nitrogens with one attached hydrogen (secondary N) is 1. The quantitative estimate of drug-likeness (QED) is 0.798. The van der Waals surface area contributed by atoms with Crippen LogP contribution in [0.25, 0.3) is 0 Å². The van der Waals surface area contributed by atoms with E-state index in [-0.39, 0.29) is 17.3 Å². The Labute approximate surface area is 160 Å². The van der Waals surface area contributed by atoms with Crippen LogP contribution in [0.4, 0.5) is 5.69 Å². The van der Waals surface area contributed by atoms with Crippen LogP contribution in [0.15, 0.2) is 24.3 Å². The van der Waals surface area contributed by atoms with E-state index in [9.17, 15) is 9.59 Å². The minimum atomic E-state index is -0.831. The van der Waals surface area contributed by atoms with Crippen molar-refractivity contribution in [2.24, 2.45) is 23.2 Å². The molecule has 5 nitrogen and oxygen atoms in total. The fraction of sp³-hybridized carbons (Fsp3) is 0.591. The minimum Gasteiger partial charge on any atom is -0.453 e. The summed E-state index contributed by atoms with van der Waals surface area (Å²) in [6.07, 6.45) is 7.11. The lowest BCUT2D eigenvalue weighted by Crippen LogP contribution is -2.47. The lowest BCUT2D eigenvalue weighted by molar-refractivity contribution is -0.160. The van der Waals surface area contributed by atoms with E-state index in [1.807, 2.05) is 6.07 Å². The number of carbonyl (C=O) groups is 2. The first-order chi connectivity index (χ1) is 12.9. The standard InChI is InChI=1S/C22H26N2O3/c1-14(21(26)24-19-4-2-15(13-23)3-5-19)27-20(25)12-22-9-16-6-17(10-22)8-18(7-16)11-22/h2-5,14,16-18H,6-12H2,1H3,(H,24,26)/t14-,16?,17?,18?,22?/m1/s1. The van der Waals surface area contributed by atoms with Crippen LogP contribution in [0.2, 0.25) is 0 Å². The molecule has 5 heteroatoms. The van der Waals surface area contributed by atoms with Gasteiger partial charge in [-0.2, -0.15) is 5.26 Å². The van der Waals surface area contributed by atoms with E-state index in [1.54, 1.807) is 31.2 Å². The van der Waals surface area contributed by atoms with Gasteiger partial charge in [-0.05, 0) is 92.9 Å². The van der Waals surface area contributed by atoms with Crippen LogP contribution >= 0.6 is 0 Å². The summed E-state index contributed by atoms with van der Waals surface area (Å²) in [6.45, 7) is 1.61. The van der Waals surface area contributed by atoms with E-state index in [4.69, 9.17) is 10.00 Å². The summed E-state index contributed by atoms with van der Waals surface area (Å²) in [5.74, 6) is 1.78. The number of benzene rings is 1. The Kier molecular flexibility index (Phi) is 4.67. The molecule has 1 aromatic carbocycles. The topological polar surface area (TPSA) is 79.2 Å². The van der Waals surface area contributed by atoms with Crippen molar-refractivity contribution in [1.29, 1.82) is 5.26 Å². The molecule has 1 amide bonds. The third-order valence-electron chi connectivity index (χ3n) is 6.64. The molecule has 0 radical (unpaired) electrons. The Hall–Kier alpha value is -2.35. The molecule has 5 rings (SSSR count). The molecule has 4 saturated carbocycles. The van der Waals surface area contributed by atoms with Crippen LogP contribution < -0.4 is 5.32 Å². The van der Waals surface area contributed by atoms with Crippen molar-refractivity contribution in [3.8, 4) is 6.07 Å². The highest BCUT2D eigenvalue weighted by molar-refractivity contribution is 5.95. The zero-order valence-electron chi connectivity index (χ0n) is 15.7. The van der Waals surface area contributed by atoms with E-state index >= 15 is 0 Å². The minimum absolute atomic E-state index is 0.120. The Morgan fingerprint density at radius 2 is 1.70 bits per heavy atom. The smallest absolute Gasteiger partial charge is 0.307 e. The maximum absolute atomic E-state index is 12.5.